The standard InChI is InChI=1S/C8H11N5O.ClH/c1-2-5-3-6(12-11-5)8-10-7(4-9)13-14-8;/h3H,2,4,9H2,1H3,(H,11,12);1H. The normalized spacial score (nSPS) is 10.0. The fourth-order valence-electron chi connectivity index (χ4n) is 1.09. The molecule has 0 amide bonds. The molecule has 0 aliphatic carbocycles. The predicted molar refractivity (Wildman–Crippen MR) is 56.4 cm³/mol. The van der Waals surface area contributed by atoms with Crippen molar-refractivity contribution in [2.45, 2.75) is 19.9 Å². The Labute approximate surface area is 92.7 Å². The van der Waals surface area contributed by atoms with Gasteiger partial charge in [0.2, 0.25) is 0 Å². The molecule has 2 rings (SSSR count). The fourth-order valence-corrected chi connectivity index (χ4v) is 1.09. The maximum Gasteiger partial charge on any atom is 0.278 e. The highest BCUT2D eigenvalue weighted by atomic mass is 35.5. The second-order valence-corrected chi connectivity index (χ2v) is 2.85. The molecular weight excluding hydrogens is 218 g/mol. The van der Waals surface area contributed by atoms with Crippen molar-refractivity contribution in [1.29, 1.82) is 0 Å². The van der Waals surface area contributed by atoms with Crippen LogP contribution in [0, 0.1) is 0 Å². The summed E-state index contributed by atoms with van der Waals surface area (Å²) in [5.74, 6) is 0.891. The zero-order valence-corrected chi connectivity index (χ0v) is 9.04. The lowest BCUT2D eigenvalue weighted by molar-refractivity contribution is 0.421. The van der Waals surface area contributed by atoms with Crippen LogP contribution in [0.25, 0.3) is 11.6 Å². The maximum absolute atomic E-state index is 5.36. The van der Waals surface area contributed by atoms with Crippen molar-refractivity contribution in [3.05, 3.63) is 17.6 Å². The van der Waals surface area contributed by atoms with Crippen LogP contribution in [-0.4, -0.2) is 20.3 Å². The number of rotatable bonds is 3. The first-order chi connectivity index (χ1) is 6.83. The first-order valence-corrected chi connectivity index (χ1v) is 4.40. The number of aryl methyl sites for hydroxylation is 1. The third-order valence-corrected chi connectivity index (χ3v) is 1.88. The lowest BCUT2D eigenvalue weighted by Gasteiger charge is -1.82. The largest absolute Gasteiger partial charge is 0.332 e. The summed E-state index contributed by atoms with van der Waals surface area (Å²) in [6.07, 6.45) is 0.894. The van der Waals surface area contributed by atoms with Crippen LogP contribution in [0.5, 0.6) is 0 Å². The van der Waals surface area contributed by atoms with Gasteiger partial charge in [0.15, 0.2) is 11.5 Å². The van der Waals surface area contributed by atoms with Crippen molar-refractivity contribution in [1.82, 2.24) is 20.3 Å². The van der Waals surface area contributed by atoms with E-state index in [-0.39, 0.29) is 19.0 Å². The summed E-state index contributed by atoms with van der Waals surface area (Å²) in [5.41, 5.74) is 7.06. The molecule has 6 nitrogen and oxygen atoms in total. The van der Waals surface area contributed by atoms with Crippen molar-refractivity contribution in [3.63, 3.8) is 0 Å². The third-order valence-electron chi connectivity index (χ3n) is 1.88. The number of H-pyrrole nitrogens is 1. The molecule has 0 saturated heterocycles. The third kappa shape index (κ3) is 2.34. The zero-order valence-electron chi connectivity index (χ0n) is 8.23. The van der Waals surface area contributed by atoms with Gasteiger partial charge in [-0.3, -0.25) is 5.10 Å². The highest BCUT2D eigenvalue weighted by Crippen LogP contribution is 2.15. The van der Waals surface area contributed by atoms with Gasteiger partial charge in [-0.05, 0) is 12.5 Å². The molecule has 0 aromatic carbocycles. The van der Waals surface area contributed by atoms with E-state index in [4.69, 9.17) is 10.3 Å². The van der Waals surface area contributed by atoms with Crippen molar-refractivity contribution in [2.75, 3.05) is 0 Å². The Balaban J connectivity index is 0.00000112. The van der Waals surface area contributed by atoms with Crippen LogP contribution in [0.3, 0.4) is 0 Å². The molecule has 3 N–H and O–H groups in total. The van der Waals surface area contributed by atoms with Crippen LogP contribution in [0.1, 0.15) is 18.4 Å². The van der Waals surface area contributed by atoms with E-state index in [1.54, 1.807) is 0 Å². The van der Waals surface area contributed by atoms with Gasteiger partial charge >= 0.3 is 0 Å². The highest BCUT2D eigenvalue weighted by molar-refractivity contribution is 5.85. The summed E-state index contributed by atoms with van der Waals surface area (Å²) in [6, 6.07) is 1.88. The maximum atomic E-state index is 5.36. The minimum atomic E-state index is 0. The van der Waals surface area contributed by atoms with Crippen molar-refractivity contribution in [3.8, 4) is 11.6 Å². The van der Waals surface area contributed by atoms with E-state index in [9.17, 15) is 0 Å². The zero-order chi connectivity index (χ0) is 9.97. The van der Waals surface area contributed by atoms with Gasteiger partial charge in [-0.25, -0.2) is 0 Å². The van der Waals surface area contributed by atoms with E-state index >= 15 is 0 Å². The van der Waals surface area contributed by atoms with Crippen LogP contribution < -0.4 is 5.73 Å². The summed E-state index contributed by atoms with van der Waals surface area (Å²) in [7, 11) is 0. The van der Waals surface area contributed by atoms with Gasteiger partial charge in [0, 0.05) is 5.69 Å². The summed E-state index contributed by atoms with van der Waals surface area (Å²) >= 11 is 0. The van der Waals surface area contributed by atoms with Crippen molar-refractivity contribution in [2.24, 2.45) is 5.73 Å². The molecule has 0 radical (unpaired) electrons. The molecule has 0 atom stereocenters. The lowest BCUT2D eigenvalue weighted by atomic mass is 10.3. The SMILES string of the molecule is CCc1cc(-c2nc(CN)no2)n[nH]1.Cl. The quantitative estimate of drug-likeness (QED) is 0.816. The summed E-state index contributed by atoms with van der Waals surface area (Å²) < 4.78 is 4.98. The Hall–Kier alpha value is -1.40. The number of nitrogens with one attached hydrogen (secondary N) is 1. The Morgan fingerprint density at radius 3 is 2.87 bits per heavy atom. The van der Waals surface area contributed by atoms with Gasteiger partial charge in [0.05, 0.1) is 6.54 Å². The van der Waals surface area contributed by atoms with Crippen LogP contribution in [0.4, 0.5) is 0 Å². The molecule has 0 spiro atoms. The number of nitrogens with two attached hydrogens (primary N) is 1. The van der Waals surface area contributed by atoms with Gasteiger partial charge in [0.1, 0.15) is 0 Å². The molecule has 2 heterocycles. The van der Waals surface area contributed by atoms with Gasteiger partial charge in [-0.1, -0.05) is 12.1 Å². The van der Waals surface area contributed by atoms with Crippen LogP contribution in [0.2, 0.25) is 0 Å². The number of aromatic amines is 1. The van der Waals surface area contributed by atoms with Crippen LogP contribution in [0.15, 0.2) is 10.6 Å². The molecule has 2 aromatic heterocycles. The number of aromatic nitrogens is 4. The average Bonchev–Trinajstić information content (AvgIpc) is 2.86. The average molecular weight is 230 g/mol. The number of halogens is 1. The van der Waals surface area contributed by atoms with Crippen LogP contribution in [-0.2, 0) is 13.0 Å². The molecule has 0 aliphatic rings. The van der Waals surface area contributed by atoms with E-state index < -0.39 is 0 Å². The molecule has 0 fully saturated rings. The molecule has 0 unspecified atom stereocenters. The van der Waals surface area contributed by atoms with Crippen molar-refractivity contribution < 1.29 is 4.52 Å². The number of hydrogen-bond acceptors (Lipinski definition) is 5. The molecule has 0 bridgehead atoms. The second-order valence-electron chi connectivity index (χ2n) is 2.85. The monoisotopic (exact) mass is 229 g/mol. The van der Waals surface area contributed by atoms with E-state index in [1.807, 2.05) is 13.0 Å². The second kappa shape index (κ2) is 4.90. The molecule has 0 aliphatic heterocycles. The summed E-state index contributed by atoms with van der Waals surface area (Å²) in [6.45, 7) is 2.31. The molecular formula is C8H12ClN5O. The first-order valence-electron chi connectivity index (χ1n) is 4.40. The van der Waals surface area contributed by atoms with Crippen LogP contribution >= 0.6 is 12.4 Å². The van der Waals surface area contributed by atoms with Gasteiger partial charge < -0.3 is 10.3 Å². The molecule has 7 heteroatoms. The van der Waals surface area contributed by atoms with E-state index in [0.29, 0.717) is 17.4 Å². The fraction of sp³-hybridized carbons (Fsp3) is 0.375. The number of hydrogen-bond donors (Lipinski definition) is 2. The summed E-state index contributed by atoms with van der Waals surface area (Å²) in [4.78, 5) is 4.06. The minimum Gasteiger partial charge on any atom is -0.332 e. The topological polar surface area (TPSA) is 93.6 Å². The Bertz CT molecular complexity index is 384. The Morgan fingerprint density at radius 1 is 1.53 bits per heavy atom. The molecule has 0 saturated carbocycles. The van der Waals surface area contributed by atoms with E-state index in [1.165, 1.54) is 0 Å². The molecule has 82 valence electrons. The minimum absolute atomic E-state index is 0. The summed E-state index contributed by atoms with van der Waals surface area (Å²) in [5, 5.41) is 10.6. The van der Waals surface area contributed by atoms with Crippen molar-refractivity contribution >= 4 is 12.4 Å². The highest BCUT2D eigenvalue weighted by Gasteiger charge is 2.10. The Morgan fingerprint density at radius 2 is 2.33 bits per heavy atom. The van der Waals surface area contributed by atoms with Gasteiger partial charge in [-0.2, -0.15) is 10.1 Å². The molecule has 2 aromatic rings. The van der Waals surface area contributed by atoms with E-state index in [0.717, 1.165) is 12.1 Å². The first kappa shape index (κ1) is 11.7. The van der Waals surface area contributed by atoms with Gasteiger partial charge in [-0.15, -0.1) is 12.4 Å². The number of nitrogens with zero attached hydrogens (tertiary/aromatic N) is 3. The van der Waals surface area contributed by atoms with E-state index in [2.05, 4.69) is 20.3 Å². The molecule has 15 heavy (non-hydrogen) atoms. The van der Waals surface area contributed by atoms with Gasteiger partial charge in [0.25, 0.3) is 5.89 Å². The Kier molecular flexibility index (Phi) is 3.81. The lowest BCUT2D eigenvalue weighted by Crippen LogP contribution is -1.97. The smallest absolute Gasteiger partial charge is 0.278 e. The predicted octanol–water partition coefficient (Wildman–Crippen LogP) is 0.903.